The van der Waals surface area contributed by atoms with Crippen LogP contribution in [0.3, 0.4) is 0 Å². The maximum absolute atomic E-state index is 7.51. The smallest absolute Gasteiger partial charge is 0.0752 e. The molecule has 1 heterocycles. The van der Waals surface area contributed by atoms with Crippen LogP contribution in [0.4, 0.5) is 0 Å². The molecule has 4 aromatic rings. The first-order valence-corrected chi connectivity index (χ1v) is 14.1. The molecular formula is C28H20ClPS. The number of benzene rings is 4. The summed E-state index contributed by atoms with van der Waals surface area (Å²) in [5.41, 5.74) is 7.93. The lowest BCUT2D eigenvalue weighted by atomic mass is 9.78. The lowest BCUT2D eigenvalue weighted by Crippen LogP contribution is -2.30. The molecule has 6 rings (SSSR count). The molecule has 0 N–H and O–H groups in total. The molecule has 0 aromatic heterocycles. The average molecular weight is 455 g/mol. The Kier molecular flexibility index (Phi) is 4.80. The minimum Gasteiger partial charge on any atom is -0.0824 e. The third-order valence-corrected chi connectivity index (χ3v) is 11.8. The lowest BCUT2D eigenvalue weighted by molar-refractivity contribution is 0.666. The van der Waals surface area contributed by atoms with Crippen molar-refractivity contribution < 1.29 is 0 Å². The molecule has 0 saturated carbocycles. The SMILES string of the molecule is ClP1SC(c2ccccc2)=CC(c2ccccc2)C12c1ccccc1-c1ccccc12. The van der Waals surface area contributed by atoms with E-state index in [1.165, 1.54) is 38.3 Å². The summed E-state index contributed by atoms with van der Waals surface area (Å²) >= 11 is 9.36. The maximum Gasteiger partial charge on any atom is 0.0752 e. The lowest BCUT2D eigenvalue weighted by Gasteiger charge is -2.45. The van der Waals surface area contributed by atoms with Crippen LogP contribution >= 0.6 is 29.1 Å². The molecule has 0 nitrogen and oxygen atoms in total. The summed E-state index contributed by atoms with van der Waals surface area (Å²) < 4.78 is 0. The molecule has 0 amide bonds. The number of fused-ring (bicyclic) bond motifs is 5. The van der Waals surface area contributed by atoms with Crippen molar-refractivity contribution in [1.82, 2.24) is 0 Å². The van der Waals surface area contributed by atoms with Crippen LogP contribution in [0.2, 0.25) is 0 Å². The van der Waals surface area contributed by atoms with E-state index in [2.05, 4.69) is 115 Å². The molecule has 0 fully saturated rings. The highest BCUT2D eigenvalue weighted by Gasteiger charge is 2.55. The summed E-state index contributed by atoms with van der Waals surface area (Å²) in [6.07, 6.45) is 2.47. The van der Waals surface area contributed by atoms with Crippen molar-refractivity contribution in [3.63, 3.8) is 0 Å². The number of allylic oxidation sites excluding steroid dienone is 1. The first-order valence-electron chi connectivity index (χ1n) is 10.5. The fourth-order valence-corrected chi connectivity index (χ4v) is 11.0. The van der Waals surface area contributed by atoms with Gasteiger partial charge < -0.3 is 0 Å². The fraction of sp³-hybridized carbons (Fsp3) is 0.0714. The Hall–Kier alpha value is -2.31. The molecular weight excluding hydrogens is 435 g/mol. The van der Waals surface area contributed by atoms with E-state index in [0.29, 0.717) is 0 Å². The minimum absolute atomic E-state index is 0.165. The molecule has 3 heteroatoms. The zero-order valence-corrected chi connectivity index (χ0v) is 19.2. The molecule has 31 heavy (non-hydrogen) atoms. The molecule has 150 valence electrons. The second-order valence-electron chi connectivity index (χ2n) is 7.98. The Balaban J connectivity index is 1.67. The molecule has 1 spiro atoms. The van der Waals surface area contributed by atoms with Crippen molar-refractivity contribution in [2.75, 3.05) is 0 Å². The van der Waals surface area contributed by atoms with Gasteiger partial charge in [-0.25, -0.2) is 0 Å². The summed E-state index contributed by atoms with van der Waals surface area (Å²) in [6.45, 7) is -0.955. The van der Waals surface area contributed by atoms with Crippen LogP contribution in [0, 0.1) is 0 Å². The summed E-state index contributed by atoms with van der Waals surface area (Å²) in [4.78, 5) is 1.28. The normalized spacial score (nSPS) is 20.7. The molecule has 2 unspecified atom stereocenters. The zero-order valence-electron chi connectivity index (χ0n) is 16.8. The minimum atomic E-state index is -0.955. The average Bonchev–Trinajstić information content (AvgIpc) is 3.13. The highest BCUT2D eigenvalue weighted by molar-refractivity contribution is 8.67. The Bertz CT molecular complexity index is 1240. The number of halogens is 1. The van der Waals surface area contributed by atoms with E-state index in [4.69, 9.17) is 11.2 Å². The van der Waals surface area contributed by atoms with Crippen LogP contribution < -0.4 is 0 Å². The van der Waals surface area contributed by atoms with E-state index in [1.807, 2.05) is 11.4 Å². The second kappa shape index (κ2) is 7.68. The van der Waals surface area contributed by atoms with Crippen LogP contribution in [-0.2, 0) is 5.16 Å². The van der Waals surface area contributed by atoms with Gasteiger partial charge in [0.2, 0.25) is 0 Å². The van der Waals surface area contributed by atoms with Gasteiger partial charge in [-0.3, -0.25) is 0 Å². The van der Waals surface area contributed by atoms with E-state index in [0.717, 1.165) is 0 Å². The highest BCUT2D eigenvalue weighted by atomic mass is 35.7. The van der Waals surface area contributed by atoms with E-state index >= 15 is 0 Å². The van der Waals surface area contributed by atoms with Gasteiger partial charge in [-0.1, -0.05) is 138 Å². The van der Waals surface area contributed by atoms with Crippen molar-refractivity contribution >= 4 is 34.0 Å². The fourth-order valence-electron chi connectivity index (χ4n) is 5.09. The molecule has 1 aliphatic carbocycles. The van der Waals surface area contributed by atoms with E-state index in [1.54, 1.807) is 0 Å². The van der Waals surface area contributed by atoms with Crippen LogP contribution in [0.1, 0.15) is 28.2 Å². The zero-order chi connectivity index (χ0) is 20.8. The van der Waals surface area contributed by atoms with Gasteiger partial charge in [0, 0.05) is 10.8 Å². The largest absolute Gasteiger partial charge is 0.0824 e. The molecule has 2 aliphatic rings. The number of rotatable bonds is 2. The quantitative estimate of drug-likeness (QED) is 0.272. The number of hydrogen-bond acceptors (Lipinski definition) is 1. The maximum atomic E-state index is 7.51. The van der Waals surface area contributed by atoms with Gasteiger partial charge in [0.1, 0.15) is 0 Å². The van der Waals surface area contributed by atoms with Crippen LogP contribution in [0.15, 0.2) is 115 Å². The molecule has 0 radical (unpaired) electrons. The topological polar surface area (TPSA) is 0 Å². The summed E-state index contributed by atoms with van der Waals surface area (Å²) in [5, 5.41) is -0.256. The van der Waals surface area contributed by atoms with E-state index < -0.39 is 6.48 Å². The first kappa shape index (κ1) is 19.4. The summed E-state index contributed by atoms with van der Waals surface area (Å²) in [6, 6.07) is 39.3. The van der Waals surface area contributed by atoms with Gasteiger partial charge in [0.15, 0.2) is 0 Å². The van der Waals surface area contributed by atoms with Gasteiger partial charge in [-0.05, 0) is 33.4 Å². The van der Waals surface area contributed by atoms with Crippen molar-refractivity contribution in [2.45, 2.75) is 11.1 Å². The Morgan fingerprint density at radius 1 is 0.645 bits per heavy atom. The molecule has 0 bridgehead atoms. The van der Waals surface area contributed by atoms with Gasteiger partial charge >= 0.3 is 0 Å². The van der Waals surface area contributed by atoms with Crippen LogP contribution in [-0.4, -0.2) is 0 Å². The van der Waals surface area contributed by atoms with Crippen molar-refractivity contribution in [3.05, 3.63) is 138 Å². The molecule has 1 aliphatic heterocycles. The van der Waals surface area contributed by atoms with Crippen molar-refractivity contribution in [1.29, 1.82) is 0 Å². The van der Waals surface area contributed by atoms with E-state index in [-0.39, 0.29) is 11.1 Å². The molecule has 0 saturated heterocycles. The summed E-state index contributed by atoms with van der Waals surface area (Å²) in [7, 11) is 0. The van der Waals surface area contributed by atoms with Gasteiger partial charge in [-0.2, -0.15) is 0 Å². The van der Waals surface area contributed by atoms with Crippen LogP contribution in [0.25, 0.3) is 16.0 Å². The predicted octanol–water partition coefficient (Wildman–Crippen LogP) is 9.03. The Labute approximate surface area is 193 Å². The summed E-state index contributed by atoms with van der Waals surface area (Å²) in [5.74, 6) is 0.165. The third kappa shape index (κ3) is 2.88. The molecule has 2 atom stereocenters. The Morgan fingerprint density at radius 3 is 1.77 bits per heavy atom. The monoisotopic (exact) mass is 454 g/mol. The third-order valence-electron chi connectivity index (χ3n) is 6.41. The van der Waals surface area contributed by atoms with Crippen LogP contribution in [0.5, 0.6) is 0 Å². The highest BCUT2D eigenvalue weighted by Crippen LogP contribution is 2.82. The van der Waals surface area contributed by atoms with Gasteiger partial charge in [0.05, 0.1) is 11.6 Å². The van der Waals surface area contributed by atoms with Crippen molar-refractivity contribution in [2.24, 2.45) is 0 Å². The first-order chi connectivity index (χ1) is 15.3. The number of hydrogen-bond donors (Lipinski definition) is 0. The van der Waals surface area contributed by atoms with Gasteiger partial charge in [0.25, 0.3) is 0 Å². The van der Waals surface area contributed by atoms with Gasteiger partial charge in [-0.15, -0.1) is 0 Å². The van der Waals surface area contributed by atoms with E-state index in [9.17, 15) is 0 Å². The predicted molar refractivity (Wildman–Crippen MR) is 137 cm³/mol. The Morgan fingerprint density at radius 2 is 1.16 bits per heavy atom. The standard InChI is InChI=1S/C28H20ClPS/c29-30-28(24-17-9-7-15-22(24)23-16-8-10-18-25(23)28)26(20-11-3-1-4-12-20)19-27(31-30)21-13-5-2-6-14-21/h1-19,26H. The molecule has 4 aromatic carbocycles. The van der Waals surface area contributed by atoms with Crippen molar-refractivity contribution in [3.8, 4) is 11.1 Å². The second-order valence-corrected chi connectivity index (χ2v) is 13.1.